The normalized spacial score (nSPS) is 12.4. The van der Waals surface area contributed by atoms with Gasteiger partial charge in [-0.3, -0.25) is 0 Å². The molecule has 2 unspecified atom stereocenters. The van der Waals surface area contributed by atoms with Crippen molar-refractivity contribution in [2.24, 2.45) is 0 Å². The van der Waals surface area contributed by atoms with Gasteiger partial charge in [-0.25, -0.2) is 0 Å². The Bertz CT molecular complexity index is 468. The zero-order valence-corrected chi connectivity index (χ0v) is 11.6. The molecule has 0 radical (unpaired) electrons. The molecule has 0 N–H and O–H groups in total. The molecule has 2 aromatic carbocycles. The Balaban J connectivity index is 2.17. The zero-order valence-electron chi connectivity index (χ0n) is 10.5. The molecule has 0 saturated carbocycles. The highest BCUT2D eigenvalue weighted by Crippen LogP contribution is 2.28. The average Bonchev–Trinajstić information content (AvgIpc) is 2.29. The lowest BCUT2D eigenvalue weighted by atomic mass is 10.0. The van der Waals surface area contributed by atoms with Crippen LogP contribution in [0.1, 0.15) is 27.9 Å². The van der Waals surface area contributed by atoms with E-state index in [-0.39, 0.29) is 0 Å². The number of hydrogen-bond acceptors (Lipinski definition) is 0. The van der Waals surface area contributed by atoms with Gasteiger partial charge < -0.3 is 0 Å². The van der Waals surface area contributed by atoms with Crippen LogP contribution < -0.4 is 0 Å². The second-order valence-corrected chi connectivity index (χ2v) is 5.52. The van der Waals surface area contributed by atoms with E-state index in [2.05, 4.69) is 71.6 Å². The van der Waals surface area contributed by atoms with Crippen molar-refractivity contribution in [2.75, 3.05) is 0 Å². The van der Waals surface area contributed by atoms with Gasteiger partial charge in [0, 0.05) is 5.66 Å². The van der Waals surface area contributed by atoms with Crippen LogP contribution >= 0.6 is 9.24 Å². The SMILES string of the molecule is Cc1cc(C)cc(C(P)Cc2ccccc2)c1. The molecule has 0 fully saturated rings. The maximum Gasteiger partial charge on any atom is 0.00259 e. The summed E-state index contributed by atoms with van der Waals surface area (Å²) >= 11 is 0. The summed E-state index contributed by atoms with van der Waals surface area (Å²) in [6.45, 7) is 4.33. The zero-order chi connectivity index (χ0) is 12.3. The lowest BCUT2D eigenvalue weighted by molar-refractivity contribution is 0.929. The highest BCUT2D eigenvalue weighted by atomic mass is 31.0. The van der Waals surface area contributed by atoms with Crippen molar-refractivity contribution in [1.82, 2.24) is 0 Å². The summed E-state index contributed by atoms with van der Waals surface area (Å²) in [6, 6.07) is 17.5. The molecule has 0 aliphatic heterocycles. The van der Waals surface area contributed by atoms with Crippen LogP contribution in [0.25, 0.3) is 0 Å². The van der Waals surface area contributed by atoms with E-state index in [1.54, 1.807) is 0 Å². The van der Waals surface area contributed by atoms with Crippen LogP contribution in [0.4, 0.5) is 0 Å². The molecule has 1 heteroatoms. The first-order valence-electron chi connectivity index (χ1n) is 6.03. The van der Waals surface area contributed by atoms with Gasteiger partial charge in [0.05, 0.1) is 0 Å². The van der Waals surface area contributed by atoms with Crippen LogP contribution in [0.3, 0.4) is 0 Å². The molecule has 0 aliphatic carbocycles. The molecule has 2 rings (SSSR count). The molecule has 0 heterocycles. The Kier molecular flexibility index (Phi) is 3.97. The minimum atomic E-state index is 0.496. The van der Waals surface area contributed by atoms with Gasteiger partial charge in [0.15, 0.2) is 0 Å². The Labute approximate surface area is 106 Å². The fourth-order valence-electron chi connectivity index (χ4n) is 2.21. The average molecular weight is 242 g/mol. The molecule has 2 atom stereocenters. The molecule has 0 aromatic heterocycles. The summed E-state index contributed by atoms with van der Waals surface area (Å²) in [5.41, 5.74) is 6.00. The third kappa shape index (κ3) is 3.41. The highest BCUT2D eigenvalue weighted by molar-refractivity contribution is 7.17. The Morgan fingerprint density at radius 1 is 0.941 bits per heavy atom. The molecule has 2 aromatic rings. The lowest BCUT2D eigenvalue weighted by Crippen LogP contribution is -1.96. The minimum absolute atomic E-state index is 0.496. The monoisotopic (exact) mass is 242 g/mol. The van der Waals surface area contributed by atoms with Crippen LogP contribution in [-0.4, -0.2) is 0 Å². The van der Waals surface area contributed by atoms with Gasteiger partial charge in [0.2, 0.25) is 0 Å². The Morgan fingerprint density at radius 2 is 1.53 bits per heavy atom. The fraction of sp³-hybridized carbons (Fsp3) is 0.250. The number of rotatable bonds is 3. The smallest absolute Gasteiger partial charge is 0.00259 e. The molecule has 88 valence electrons. The molecule has 0 saturated heterocycles. The highest BCUT2D eigenvalue weighted by Gasteiger charge is 2.07. The predicted octanol–water partition coefficient (Wildman–Crippen LogP) is 4.46. The van der Waals surface area contributed by atoms with Crippen molar-refractivity contribution in [1.29, 1.82) is 0 Å². The van der Waals surface area contributed by atoms with Gasteiger partial charge in [0.1, 0.15) is 0 Å². The van der Waals surface area contributed by atoms with Crippen LogP contribution in [-0.2, 0) is 6.42 Å². The van der Waals surface area contributed by atoms with Crippen LogP contribution in [0.5, 0.6) is 0 Å². The van der Waals surface area contributed by atoms with Crippen molar-refractivity contribution in [3.63, 3.8) is 0 Å². The van der Waals surface area contributed by atoms with E-state index in [0.717, 1.165) is 6.42 Å². The predicted molar refractivity (Wildman–Crippen MR) is 78.5 cm³/mol. The molecule has 0 bridgehead atoms. The first-order chi connectivity index (χ1) is 8.15. The van der Waals surface area contributed by atoms with E-state index in [9.17, 15) is 0 Å². The summed E-state index contributed by atoms with van der Waals surface area (Å²) in [6.07, 6.45) is 1.08. The van der Waals surface area contributed by atoms with Crippen molar-refractivity contribution in [3.05, 3.63) is 70.8 Å². The Hall–Kier alpha value is -1.13. The quantitative estimate of drug-likeness (QED) is 0.697. The van der Waals surface area contributed by atoms with Gasteiger partial charge in [-0.2, -0.15) is 0 Å². The molecular weight excluding hydrogens is 223 g/mol. The van der Waals surface area contributed by atoms with Crippen LogP contribution in [0, 0.1) is 13.8 Å². The largest absolute Gasteiger partial charge is 0.129 e. The molecule has 0 aliphatic rings. The van der Waals surface area contributed by atoms with E-state index >= 15 is 0 Å². The summed E-state index contributed by atoms with van der Waals surface area (Å²) in [5.74, 6) is 0. The second-order valence-electron chi connectivity index (χ2n) is 4.72. The topological polar surface area (TPSA) is 0 Å². The van der Waals surface area contributed by atoms with Crippen molar-refractivity contribution >= 4 is 9.24 Å². The van der Waals surface area contributed by atoms with Crippen LogP contribution in [0.2, 0.25) is 0 Å². The van der Waals surface area contributed by atoms with Gasteiger partial charge in [-0.1, -0.05) is 59.7 Å². The van der Waals surface area contributed by atoms with Crippen LogP contribution in [0.15, 0.2) is 48.5 Å². The van der Waals surface area contributed by atoms with Crippen molar-refractivity contribution < 1.29 is 0 Å². The maximum atomic E-state index is 2.97. The number of benzene rings is 2. The fourth-order valence-corrected chi connectivity index (χ4v) is 2.67. The molecule has 0 amide bonds. The maximum absolute atomic E-state index is 2.97. The third-order valence-corrected chi connectivity index (χ3v) is 3.59. The van der Waals surface area contributed by atoms with E-state index in [4.69, 9.17) is 0 Å². The standard InChI is InChI=1S/C16H19P/c1-12-8-13(2)10-15(9-12)16(17)11-14-6-4-3-5-7-14/h3-10,16H,11,17H2,1-2H3. The van der Waals surface area contributed by atoms with Gasteiger partial charge in [0.25, 0.3) is 0 Å². The Morgan fingerprint density at radius 3 is 2.12 bits per heavy atom. The van der Waals surface area contributed by atoms with Gasteiger partial charge in [-0.15, -0.1) is 9.24 Å². The molecule has 0 nitrogen and oxygen atoms in total. The van der Waals surface area contributed by atoms with E-state index < -0.39 is 0 Å². The van der Waals surface area contributed by atoms with Crippen molar-refractivity contribution in [2.45, 2.75) is 25.9 Å². The minimum Gasteiger partial charge on any atom is -0.129 e. The van der Waals surface area contributed by atoms with E-state index in [1.165, 1.54) is 22.3 Å². The van der Waals surface area contributed by atoms with Gasteiger partial charge in [-0.05, 0) is 31.4 Å². The number of hydrogen-bond donors (Lipinski definition) is 0. The van der Waals surface area contributed by atoms with E-state index in [0.29, 0.717) is 5.66 Å². The second kappa shape index (κ2) is 5.47. The van der Waals surface area contributed by atoms with Gasteiger partial charge >= 0.3 is 0 Å². The molecular formula is C16H19P. The first kappa shape index (κ1) is 12.3. The molecule has 0 spiro atoms. The number of aryl methyl sites for hydroxylation is 2. The lowest BCUT2D eigenvalue weighted by Gasteiger charge is -2.13. The third-order valence-electron chi connectivity index (χ3n) is 2.97. The summed E-state index contributed by atoms with van der Waals surface area (Å²) in [4.78, 5) is 0. The summed E-state index contributed by atoms with van der Waals surface area (Å²) in [7, 11) is 2.97. The van der Waals surface area contributed by atoms with E-state index in [1.807, 2.05) is 0 Å². The molecule has 17 heavy (non-hydrogen) atoms. The summed E-state index contributed by atoms with van der Waals surface area (Å²) in [5, 5.41) is 0. The summed E-state index contributed by atoms with van der Waals surface area (Å²) < 4.78 is 0. The van der Waals surface area contributed by atoms with Crippen molar-refractivity contribution in [3.8, 4) is 0 Å². The first-order valence-corrected chi connectivity index (χ1v) is 6.69.